The maximum absolute atomic E-state index is 11.0. The number of aliphatic carboxylic acids is 1. The summed E-state index contributed by atoms with van der Waals surface area (Å²) in [7, 11) is 0. The molecule has 2 nitrogen and oxygen atoms in total. The molecule has 0 bridgehead atoms. The second kappa shape index (κ2) is 5.06. The monoisotopic (exact) mass is 216 g/mol. The molecule has 0 radical (unpaired) electrons. The molecular formula is C11H20O2S. The van der Waals surface area contributed by atoms with E-state index in [2.05, 4.69) is 20.8 Å². The highest BCUT2D eigenvalue weighted by atomic mass is 32.2. The normalized spacial score (nSPS) is 29.4. The van der Waals surface area contributed by atoms with E-state index in [-0.39, 0.29) is 5.92 Å². The molecule has 0 amide bonds. The van der Waals surface area contributed by atoms with Crippen molar-refractivity contribution in [2.24, 2.45) is 11.8 Å². The van der Waals surface area contributed by atoms with E-state index in [1.54, 1.807) is 0 Å². The molecule has 82 valence electrons. The van der Waals surface area contributed by atoms with E-state index < -0.39 is 5.97 Å². The fraction of sp³-hybridized carbons (Fsp3) is 0.909. The molecule has 3 heteroatoms. The predicted molar refractivity (Wildman–Crippen MR) is 60.7 cm³/mol. The Morgan fingerprint density at radius 3 is 2.50 bits per heavy atom. The second-order valence-corrected chi connectivity index (χ2v) is 6.12. The van der Waals surface area contributed by atoms with Gasteiger partial charge in [-0.25, -0.2) is 0 Å². The Bertz CT molecular complexity index is 203. The van der Waals surface area contributed by atoms with Crippen LogP contribution >= 0.6 is 11.8 Å². The standard InChI is InChI=1S/C11H20O2S/c1-7(2)8(3)14-10-6-4-5-9(10)11(12)13/h7-10H,4-6H2,1-3H3,(H,12,13). The van der Waals surface area contributed by atoms with Crippen molar-refractivity contribution in [2.75, 3.05) is 0 Å². The molecule has 1 saturated carbocycles. The highest BCUT2D eigenvalue weighted by Gasteiger charge is 2.34. The van der Waals surface area contributed by atoms with Crippen molar-refractivity contribution in [3.05, 3.63) is 0 Å². The van der Waals surface area contributed by atoms with Gasteiger partial charge < -0.3 is 5.11 Å². The van der Waals surface area contributed by atoms with Gasteiger partial charge in [-0.15, -0.1) is 0 Å². The summed E-state index contributed by atoms with van der Waals surface area (Å²) in [4.78, 5) is 11.0. The van der Waals surface area contributed by atoms with Crippen LogP contribution in [0, 0.1) is 11.8 Å². The van der Waals surface area contributed by atoms with Gasteiger partial charge in [0.25, 0.3) is 0 Å². The van der Waals surface area contributed by atoms with Crippen LogP contribution in [-0.4, -0.2) is 21.6 Å². The number of carboxylic acids is 1. The SMILES string of the molecule is CC(C)C(C)SC1CCCC1C(=O)O. The average Bonchev–Trinajstić information content (AvgIpc) is 2.52. The quantitative estimate of drug-likeness (QED) is 0.785. The minimum absolute atomic E-state index is 0.0961. The molecule has 0 saturated heterocycles. The molecule has 1 fully saturated rings. The van der Waals surface area contributed by atoms with Crippen molar-refractivity contribution in [2.45, 2.75) is 50.5 Å². The van der Waals surface area contributed by atoms with Gasteiger partial charge in [0.2, 0.25) is 0 Å². The summed E-state index contributed by atoms with van der Waals surface area (Å²) >= 11 is 1.87. The van der Waals surface area contributed by atoms with Crippen LogP contribution in [0.5, 0.6) is 0 Å². The minimum Gasteiger partial charge on any atom is -0.481 e. The number of carboxylic acid groups (broad SMARTS) is 1. The summed E-state index contributed by atoms with van der Waals surface area (Å²) < 4.78 is 0. The Hall–Kier alpha value is -0.180. The Morgan fingerprint density at radius 2 is 2.00 bits per heavy atom. The van der Waals surface area contributed by atoms with E-state index in [1.807, 2.05) is 11.8 Å². The number of hydrogen-bond acceptors (Lipinski definition) is 2. The van der Waals surface area contributed by atoms with Gasteiger partial charge >= 0.3 is 5.97 Å². The molecule has 1 rings (SSSR count). The van der Waals surface area contributed by atoms with Crippen LogP contribution in [0.25, 0.3) is 0 Å². The fourth-order valence-electron chi connectivity index (χ4n) is 1.80. The molecule has 1 aliphatic rings. The largest absolute Gasteiger partial charge is 0.481 e. The molecule has 0 spiro atoms. The van der Waals surface area contributed by atoms with Gasteiger partial charge in [0.1, 0.15) is 0 Å². The molecule has 0 aliphatic heterocycles. The van der Waals surface area contributed by atoms with E-state index in [0.29, 0.717) is 16.4 Å². The van der Waals surface area contributed by atoms with Crippen molar-refractivity contribution < 1.29 is 9.90 Å². The molecule has 0 heterocycles. The zero-order valence-electron chi connectivity index (χ0n) is 9.19. The highest BCUT2D eigenvalue weighted by molar-refractivity contribution is 8.00. The second-order valence-electron chi connectivity index (χ2n) is 4.50. The Morgan fingerprint density at radius 1 is 1.36 bits per heavy atom. The maximum Gasteiger partial charge on any atom is 0.307 e. The van der Waals surface area contributed by atoms with Gasteiger partial charge in [-0.05, 0) is 18.8 Å². The van der Waals surface area contributed by atoms with Crippen LogP contribution in [0.3, 0.4) is 0 Å². The van der Waals surface area contributed by atoms with Gasteiger partial charge in [-0.2, -0.15) is 11.8 Å². The number of hydrogen-bond donors (Lipinski definition) is 1. The van der Waals surface area contributed by atoms with E-state index >= 15 is 0 Å². The first-order valence-corrected chi connectivity index (χ1v) is 6.35. The van der Waals surface area contributed by atoms with Crippen LogP contribution in [0.4, 0.5) is 0 Å². The summed E-state index contributed by atoms with van der Waals surface area (Å²) in [5.41, 5.74) is 0. The van der Waals surface area contributed by atoms with Crippen molar-refractivity contribution in [3.63, 3.8) is 0 Å². The molecule has 3 atom stereocenters. The molecule has 1 N–H and O–H groups in total. The van der Waals surface area contributed by atoms with Gasteiger partial charge in [0, 0.05) is 10.5 Å². The third-order valence-corrected chi connectivity index (χ3v) is 4.99. The summed E-state index contributed by atoms with van der Waals surface area (Å²) in [6.45, 7) is 6.59. The summed E-state index contributed by atoms with van der Waals surface area (Å²) in [5.74, 6) is -0.0628. The summed E-state index contributed by atoms with van der Waals surface area (Å²) in [6, 6.07) is 0. The van der Waals surface area contributed by atoms with Crippen LogP contribution in [0.15, 0.2) is 0 Å². The minimum atomic E-state index is -0.601. The molecule has 14 heavy (non-hydrogen) atoms. The van der Waals surface area contributed by atoms with Gasteiger partial charge in [0.15, 0.2) is 0 Å². The van der Waals surface area contributed by atoms with Gasteiger partial charge in [0.05, 0.1) is 5.92 Å². The maximum atomic E-state index is 11.0. The van der Waals surface area contributed by atoms with E-state index in [9.17, 15) is 4.79 Å². The first kappa shape index (κ1) is 11.9. The predicted octanol–water partition coefficient (Wildman–Crippen LogP) is 3.02. The third kappa shape index (κ3) is 2.91. The lowest BCUT2D eigenvalue weighted by Gasteiger charge is -2.22. The third-order valence-electron chi connectivity index (χ3n) is 3.10. The topological polar surface area (TPSA) is 37.3 Å². The van der Waals surface area contributed by atoms with Crippen LogP contribution in [0.1, 0.15) is 40.0 Å². The lowest BCUT2D eigenvalue weighted by molar-refractivity contribution is -0.141. The summed E-state index contributed by atoms with van der Waals surface area (Å²) in [6.07, 6.45) is 3.04. The highest BCUT2D eigenvalue weighted by Crippen LogP contribution is 2.38. The van der Waals surface area contributed by atoms with Crippen LogP contribution < -0.4 is 0 Å². The van der Waals surface area contributed by atoms with E-state index in [1.165, 1.54) is 0 Å². The molecule has 0 aromatic carbocycles. The Kier molecular flexibility index (Phi) is 4.30. The number of carbonyl (C=O) groups is 1. The van der Waals surface area contributed by atoms with Crippen molar-refractivity contribution in [3.8, 4) is 0 Å². The lowest BCUT2D eigenvalue weighted by Crippen LogP contribution is -2.23. The first-order valence-electron chi connectivity index (χ1n) is 5.40. The van der Waals surface area contributed by atoms with E-state index in [0.717, 1.165) is 19.3 Å². The molecular weight excluding hydrogens is 196 g/mol. The Balaban J connectivity index is 2.47. The Labute approximate surface area is 90.5 Å². The lowest BCUT2D eigenvalue weighted by atomic mass is 10.1. The molecule has 3 unspecified atom stereocenters. The van der Waals surface area contributed by atoms with Crippen LogP contribution in [-0.2, 0) is 4.79 Å². The fourth-order valence-corrected chi connectivity index (χ4v) is 3.41. The van der Waals surface area contributed by atoms with Gasteiger partial charge in [-0.1, -0.05) is 27.2 Å². The zero-order valence-corrected chi connectivity index (χ0v) is 10.0. The average molecular weight is 216 g/mol. The molecule has 0 aromatic heterocycles. The number of rotatable bonds is 4. The van der Waals surface area contributed by atoms with Crippen LogP contribution in [0.2, 0.25) is 0 Å². The van der Waals surface area contributed by atoms with Crippen molar-refractivity contribution >= 4 is 17.7 Å². The smallest absolute Gasteiger partial charge is 0.307 e. The zero-order chi connectivity index (χ0) is 10.7. The van der Waals surface area contributed by atoms with Crippen molar-refractivity contribution in [1.29, 1.82) is 0 Å². The van der Waals surface area contributed by atoms with Crippen molar-refractivity contribution in [1.82, 2.24) is 0 Å². The first-order chi connectivity index (χ1) is 6.52. The molecule has 0 aromatic rings. The molecule has 1 aliphatic carbocycles. The number of thioether (sulfide) groups is 1. The van der Waals surface area contributed by atoms with Gasteiger partial charge in [-0.3, -0.25) is 4.79 Å². The summed E-state index contributed by atoms with van der Waals surface area (Å²) in [5, 5.41) is 9.94. The van der Waals surface area contributed by atoms with E-state index in [4.69, 9.17) is 5.11 Å².